The van der Waals surface area contributed by atoms with E-state index < -0.39 is 0 Å². The maximum absolute atomic E-state index is 5.92. The van der Waals surface area contributed by atoms with Gasteiger partial charge in [-0.1, -0.05) is 6.07 Å². The average molecular weight is 253 g/mol. The summed E-state index contributed by atoms with van der Waals surface area (Å²) in [5, 5.41) is 0. The Morgan fingerprint density at radius 1 is 1.21 bits per heavy atom. The highest BCUT2D eigenvalue weighted by Crippen LogP contribution is 2.31. The van der Waals surface area contributed by atoms with Gasteiger partial charge in [-0.2, -0.15) is 0 Å². The van der Waals surface area contributed by atoms with Crippen LogP contribution < -0.4 is 10.6 Å². The van der Waals surface area contributed by atoms with Gasteiger partial charge in [0, 0.05) is 43.3 Å². The number of rotatable bonds is 2. The predicted octanol–water partition coefficient (Wildman–Crippen LogP) is 2.76. The van der Waals surface area contributed by atoms with Crippen LogP contribution in [-0.4, -0.2) is 18.6 Å². The summed E-state index contributed by atoms with van der Waals surface area (Å²) in [5.74, 6) is 0. The number of nitrogens with two attached hydrogens (primary N) is 1. The maximum atomic E-state index is 5.92. The molecule has 1 atom stereocenters. The molecule has 0 fully saturated rings. The number of pyridine rings is 1. The van der Waals surface area contributed by atoms with E-state index in [0.717, 1.165) is 24.1 Å². The minimum absolute atomic E-state index is 0.0213. The normalized spacial score (nSPS) is 15.4. The van der Waals surface area contributed by atoms with E-state index in [1.54, 1.807) is 0 Å². The zero-order valence-electron chi connectivity index (χ0n) is 11.4. The van der Waals surface area contributed by atoms with Crippen LogP contribution in [0, 0.1) is 0 Å². The molecule has 98 valence electrons. The first-order valence-corrected chi connectivity index (χ1v) is 6.70. The minimum atomic E-state index is 0.0213. The summed E-state index contributed by atoms with van der Waals surface area (Å²) in [6.45, 7) is 3.09. The summed E-state index contributed by atoms with van der Waals surface area (Å²) >= 11 is 0. The van der Waals surface area contributed by atoms with Crippen molar-refractivity contribution in [3.63, 3.8) is 0 Å². The SMILES string of the molecule is CC(N)c1cncc(-c2ccc3c(c2)CCN3C)c1. The summed E-state index contributed by atoms with van der Waals surface area (Å²) in [4.78, 5) is 6.60. The predicted molar refractivity (Wildman–Crippen MR) is 79.2 cm³/mol. The second-order valence-corrected chi connectivity index (χ2v) is 5.31. The Hall–Kier alpha value is -1.87. The van der Waals surface area contributed by atoms with Crippen molar-refractivity contribution in [2.75, 3.05) is 18.5 Å². The number of nitrogens with zero attached hydrogens (tertiary/aromatic N) is 2. The minimum Gasteiger partial charge on any atom is -0.374 e. The van der Waals surface area contributed by atoms with Gasteiger partial charge in [-0.15, -0.1) is 0 Å². The van der Waals surface area contributed by atoms with Crippen LogP contribution in [0.15, 0.2) is 36.7 Å². The molecule has 0 amide bonds. The molecule has 3 nitrogen and oxygen atoms in total. The van der Waals surface area contributed by atoms with Gasteiger partial charge in [-0.3, -0.25) is 4.98 Å². The zero-order chi connectivity index (χ0) is 13.4. The number of aromatic nitrogens is 1. The van der Waals surface area contributed by atoms with Crippen LogP contribution in [0.1, 0.15) is 24.1 Å². The molecule has 0 radical (unpaired) electrons. The third-order valence-corrected chi connectivity index (χ3v) is 3.83. The van der Waals surface area contributed by atoms with Gasteiger partial charge in [0.25, 0.3) is 0 Å². The van der Waals surface area contributed by atoms with E-state index >= 15 is 0 Å². The van der Waals surface area contributed by atoms with E-state index in [1.807, 2.05) is 19.3 Å². The van der Waals surface area contributed by atoms with E-state index in [1.165, 1.54) is 16.8 Å². The molecule has 0 spiro atoms. The lowest BCUT2D eigenvalue weighted by Gasteiger charge is -2.13. The van der Waals surface area contributed by atoms with Gasteiger partial charge in [-0.05, 0) is 48.2 Å². The van der Waals surface area contributed by atoms with Crippen molar-refractivity contribution in [1.82, 2.24) is 4.98 Å². The van der Waals surface area contributed by atoms with Crippen molar-refractivity contribution in [2.45, 2.75) is 19.4 Å². The summed E-state index contributed by atoms with van der Waals surface area (Å²) < 4.78 is 0. The van der Waals surface area contributed by atoms with Gasteiger partial charge in [0.2, 0.25) is 0 Å². The number of anilines is 1. The van der Waals surface area contributed by atoms with E-state index in [2.05, 4.69) is 41.2 Å². The molecule has 3 rings (SSSR count). The van der Waals surface area contributed by atoms with Crippen molar-refractivity contribution in [3.8, 4) is 11.1 Å². The van der Waals surface area contributed by atoms with E-state index in [9.17, 15) is 0 Å². The molecule has 0 saturated carbocycles. The lowest BCUT2D eigenvalue weighted by atomic mass is 10.0. The first-order valence-electron chi connectivity index (χ1n) is 6.70. The molecule has 19 heavy (non-hydrogen) atoms. The fourth-order valence-corrected chi connectivity index (χ4v) is 2.61. The quantitative estimate of drug-likeness (QED) is 0.895. The Kier molecular flexibility index (Phi) is 2.99. The van der Waals surface area contributed by atoms with Crippen molar-refractivity contribution in [3.05, 3.63) is 47.8 Å². The number of hydrogen-bond acceptors (Lipinski definition) is 3. The highest BCUT2D eigenvalue weighted by molar-refractivity contribution is 5.70. The molecule has 0 saturated heterocycles. The molecule has 3 heteroatoms. The first-order chi connectivity index (χ1) is 9.15. The van der Waals surface area contributed by atoms with Crippen molar-refractivity contribution >= 4 is 5.69 Å². The number of hydrogen-bond donors (Lipinski definition) is 1. The molecule has 1 unspecified atom stereocenters. The fraction of sp³-hybridized carbons (Fsp3) is 0.312. The second-order valence-electron chi connectivity index (χ2n) is 5.31. The summed E-state index contributed by atoms with van der Waals surface area (Å²) in [6, 6.07) is 8.81. The molecule has 1 aromatic heterocycles. The van der Waals surface area contributed by atoms with Crippen LogP contribution in [-0.2, 0) is 6.42 Å². The van der Waals surface area contributed by atoms with Crippen molar-refractivity contribution in [1.29, 1.82) is 0 Å². The van der Waals surface area contributed by atoms with Crippen LogP contribution in [0.25, 0.3) is 11.1 Å². The standard InChI is InChI=1S/C16H19N3/c1-11(17)14-8-15(10-18-9-14)12-3-4-16-13(7-12)5-6-19(16)2/h3-4,7-11H,5-6,17H2,1-2H3. The van der Waals surface area contributed by atoms with Crippen LogP contribution in [0.5, 0.6) is 0 Å². The molecule has 1 aliphatic heterocycles. The van der Waals surface area contributed by atoms with E-state index in [0.29, 0.717) is 0 Å². The van der Waals surface area contributed by atoms with Gasteiger partial charge < -0.3 is 10.6 Å². The summed E-state index contributed by atoms with van der Waals surface area (Å²) in [5.41, 5.74) is 12.1. The molecule has 2 N–H and O–H groups in total. The van der Waals surface area contributed by atoms with Gasteiger partial charge in [0.15, 0.2) is 0 Å². The largest absolute Gasteiger partial charge is 0.374 e. The molecule has 0 bridgehead atoms. The summed E-state index contributed by atoms with van der Waals surface area (Å²) in [7, 11) is 2.14. The third-order valence-electron chi connectivity index (χ3n) is 3.83. The molecule has 2 heterocycles. The van der Waals surface area contributed by atoms with Crippen molar-refractivity contribution in [2.24, 2.45) is 5.73 Å². The zero-order valence-corrected chi connectivity index (χ0v) is 11.4. The lowest BCUT2D eigenvalue weighted by Crippen LogP contribution is -2.12. The molecule has 1 aromatic carbocycles. The van der Waals surface area contributed by atoms with Crippen LogP contribution in [0.4, 0.5) is 5.69 Å². The van der Waals surface area contributed by atoms with Gasteiger partial charge in [-0.25, -0.2) is 0 Å². The molecule has 1 aliphatic rings. The average Bonchev–Trinajstić information content (AvgIpc) is 2.80. The highest BCUT2D eigenvalue weighted by atomic mass is 15.1. The second kappa shape index (κ2) is 4.67. The van der Waals surface area contributed by atoms with Gasteiger partial charge in [0.05, 0.1) is 0 Å². The Bertz CT molecular complexity index is 605. The van der Waals surface area contributed by atoms with E-state index in [-0.39, 0.29) is 6.04 Å². The maximum Gasteiger partial charge on any atom is 0.0397 e. The van der Waals surface area contributed by atoms with E-state index in [4.69, 9.17) is 5.73 Å². The van der Waals surface area contributed by atoms with Crippen molar-refractivity contribution < 1.29 is 0 Å². The smallest absolute Gasteiger partial charge is 0.0397 e. The van der Waals surface area contributed by atoms with Gasteiger partial charge in [0.1, 0.15) is 0 Å². The van der Waals surface area contributed by atoms with Crippen LogP contribution >= 0.6 is 0 Å². The molecule has 0 aliphatic carbocycles. The molecular weight excluding hydrogens is 234 g/mol. The van der Waals surface area contributed by atoms with Crippen LogP contribution in [0.2, 0.25) is 0 Å². The Morgan fingerprint density at radius 3 is 2.84 bits per heavy atom. The lowest BCUT2D eigenvalue weighted by molar-refractivity contribution is 0.812. The van der Waals surface area contributed by atoms with Crippen LogP contribution in [0.3, 0.4) is 0 Å². The molecular formula is C16H19N3. The monoisotopic (exact) mass is 253 g/mol. The number of fused-ring (bicyclic) bond motifs is 1. The Labute approximate surface area is 114 Å². The first kappa shape index (κ1) is 12.2. The Balaban J connectivity index is 2.01. The topological polar surface area (TPSA) is 42.1 Å². The third kappa shape index (κ3) is 2.22. The number of likely N-dealkylation sites (N-methyl/N-ethyl adjacent to an activating group) is 1. The van der Waals surface area contributed by atoms with Gasteiger partial charge >= 0.3 is 0 Å². The summed E-state index contributed by atoms with van der Waals surface area (Å²) in [6.07, 6.45) is 4.88. The number of benzene rings is 1. The Morgan fingerprint density at radius 2 is 2.05 bits per heavy atom. The molecule has 2 aromatic rings. The highest BCUT2D eigenvalue weighted by Gasteiger charge is 2.16. The fourth-order valence-electron chi connectivity index (χ4n) is 2.61.